The topological polar surface area (TPSA) is 92.0 Å². The fraction of sp³-hybridized carbons (Fsp3) is 0.348. The van der Waals surface area contributed by atoms with Crippen LogP contribution in [0.4, 0.5) is 5.69 Å². The molecule has 0 saturated heterocycles. The number of anilines is 1. The highest BCUT2D eigenvalue weighted by Gasteiger charge is 2.18. The number of amides is 1. The lowest BCUT2D eigenvalue weighted by Gasteiger charge is -2.17. The first-order valence-corrected chi connectivity index (χ1v) is 9.57. The Morgan fingerprint density at radius 3 is 1.93 bits per heavy atom. The number of carbonyl (C=O) groups excluding carboxylic acids is 1. The monoisotopic (exact) mass is 414 g/mol. The van der Waals surface area contributed by atoms with Gasteiger partial charge in [-0.2, -0.15) is 0 Å². The first kappa shape index (κ1) is 23.1. The number of methoxy groups -OCH3 is 4. The number of carbonyl (C=O) groups is 1. The van der Waals surface area contributed by atoms with Gasteiger partial charge < -0.3 is 30.0 Å². The largest absolute Gasteiger partial charge is 0.495 e. The molecule has 162 valence electrons. The Kier molecular flexibility index (Phi) is 8.12. The second-order valence-electron chi connectivity index (χ2n) is 7.01. The first-order valence-electron chi connectivity index (χ1n) is 9.57. The van der Waals surface area contributed by atoms with Crippen LogP contribution in [0.5, 0.6) is 23.0 Å². The van der Waals surface area contributed by atoms with E-state index in [1.54, 1.807) is 34.5 Å². The molecule has 0 radical (unpaired) electrons. The molecule has 7 heteroatoms. The van der Waals surface area contributed by atoms with Crippen LogP contribution in [0.25, 0.3) is 12.2 Å². The fourth-order valence-electron chi connectivity index (χ4n) is 2.84. The van der Waals surface area contributed by atoms with Crippen LogP contribution < -0.4 is 30.0 Å². The van der Waals surface area contributed by atoms with Gasteiger partial charge in [0.25, 0.3) is 0 Å². The van der Waals surface area contributed by atoms with Crippen LogP contribution in [0.1, 0.15) is 25.0 Å². The van der Waals surface area contributed by atoms with Crippen LogP contribution in [-0.2, 0) is 4.79 Å². The molecule has 1 atom stereocenters. The number of benzene rings is 2. The summed E-state index contributed by atoms with van der Waals surface area (Å²) in [5, 5.41) is 2.85. The second-order valence-corrected chi connectivity index (χ2v) is 7.01. The summed E-state index contributed by atoms with van der Waals surface area (Å²) in [6.45, 7) is 3.80. The van der Waals surface area contributed by atoms with Crippen LogP contribution in [0, 0.1) is 5.92 Å². The molecule has 0 saturated carbocycles. The lowest BCUT2D eigenvalue weighted by atomic mass is 10.0. The maximum atomic E-state index is 12.4. The molecule has 0 bridgehead atoms. The Hall–Kier alpha value is -3.19. The number of hydrogen-bond acceptors (Lipinski definition) is 6. The van der Waals surface area contributed by atoms with Gasteiger partial charge in [0.15, 0.2) is 11.5 Å². The molecule has 0 aliphatic rings. The molecule has 7 nitrogen and oxygen atoms in total. The van der Waals surface area contributed by atoms with Gasteiger partial charge in [-0.15, -0.1) is 0 Å². The van der Waals surface area contributed by atoms with E-state index in [-0.39, 0.29) is 11.8 Å². The fourth-order valence-corrected chi connectivity index (χ4v) is 2.84. The molecule has 1 amide bonds. The molecule has 0 aliphatic carbocycles. The van der Waals surface area contributed by atoms with E-state index >= 15 is 0 Å². The minimum absolute atomic E-state index is 0.0270. The van der Waals surface area contributed by atoms with Gasteiger partial charge in [0.2, 0.25) is 11.7 Å². The molecule has 0 aliphatic heterocycles. The van der Waals surface area contributed by atoms with Crippen LogP contribution in [0.3, 0.4) is 0 Å². The Bertz CT molecular complexity index is 883. The predicted molar refractivity (Wildman–Crippen MR) is 119 cm³/mol. The molecular weight excluding hydrogens is 384 g/mol. The highest BCUT2D eigenvalue weighted by atomic mass is 16.5. The zero-order valence-corrected chi connectivity index (χ0v) is 18.3. The van der Waals surface area contributed by atoms with E-state index in [4.69, 9.17) is 24.7 Å². The van der Waals surface area contributed by atoms with Crippen molar-refractivity contribution >= 4 is 23.7 Å². The molecule has 0 aromatic heterocycles. The third kappa shape index (κ3) is 5.45. The van der Waals surface area contributed by atoms with E-state index < -0.39 is 6.04 Å². The molecule has 3 N–H and O–H groups in total. The zero-order chi connectivity index (χ0) is 22.3. The van der Waals surface area contributed by atoms with Crippen molar-refractivity contribution in [3.63, 3.8) is 0 Å². The Morgan fingerprint density at radius 1 is 0.867 bits per heavy atom. The number of rotatable bonds is 9. The standard InChI is InChI=1S/C23H30N2O5/c1-14(2)21(24)23(26)25-17-11-15(9-10-18(17)27-3)7-8-16-12-19(28-4)22(30-6)20(13-16)29-5/h7-14,21H,24H2,1-6H3,(H,25,26)/b8-7-/t21-/m0/s1. The van der Waals surface area contributed by atoms with Crippen molar-refractivity contribution in [3.05, 3.63) is 41.5 Å². The predicted octanol–water partition coefficient (Wildman–Crippen LogP) is 3.81. The van der Waals surface area contributed by atoms with E-state index in [9.17, 15) is 4.79 Å². The summed E-state index contributed by atoms with van der Waals surface area (Å²) in [7, 11) is 6.27. The normalized spacial score (nSPS) is 12.0. The first-order chi connectivity index (χ1) is 14.3. The SMILES string of the molecule is COc1ccc(/C=C\c2cc(OC)c(OC)c(OC)c2)cc1NC(=O)[C@@H](N)C(C)C. The van der Waals surface area contributed by atoms with Crippen molar-refractivity contribution in [2.75, 3.05) is 33.8 Å². The summed E-state index contributed by atoms with van der Waals surface area (Å²) in [6.07, 6.45) is 3.83. The van der Waals surface area contributed by atoms with Crippen LogP contribution in [-0.4, -0.2) is 40.4 Å². The smallest absolute Gasteiger partial charge is 0.241 e. The number of hydrogen-bond donors (Lipinski definition) is 2. The van der Waals surface area contributed by atoms with Crippen molar-refractivity contribution < 1.29 is 23.7 Å². The number of nitrogens with one attached hydrogen (secondary N) is 1. The molecule has 0 fully saturated rings. The van der Waals surface area contributed by atoms with E-state index in [0.29, 0.717) is 28.7 Å². The summed E-state index contributed by atoms with van der Waals surface area (Å²) in [4.78, 5) is 12.4. The quantitative estimate of drug-likeness (QED) is 0.606. The number of ether oxygens (including phenoxy) is 4. The van der Waals surface area contributed by atoms with Gasteiger partial charge in [-0.1, -0.05) is 32.1 Å². The highest BCUT2D eigenvalue weighted by Crippen LogP contribution is 2.38. The maximum absolute atomic E-state index is 12.4. The molecule has 2 rings (SSSR count). The van der Waals surface area contributed by atoms with Crippen molar-refractivity contribution in [1.29, 1.82) is 0 Å². The maximum Gasteiger partial charge on any atom is 0.241 e. The molecule has 0 unspecified atom stereocenters. The van der Waals surface area contributed by atoms with E-state index in [1.807, 2.05) is 50.3 Å². The Morgan fingerprint density at radius 2 is 1.43 bits per heavy atom. The lowest BCUT2D eigenvalue weighted by Crippen LogP contribution is -2.39. The molecule has 0 spiro atoms. The van der Waals surface area contributed by atoms with Gasteiger partial charge in [-0.25, -0.2) is 0 Å². The summed E-state index contributed by atoms with van der Waals surface area (Å²) in [5.41, 5.74) is 8.25. The third-order valence-electron chi connectivity index (χ3n) is 4.66. The van der Waals surface area contributed by atoms with E-state index in [0.717, 1.165) is 11.1 Å². The van der Waals surface area contributed by atoms with Crippen LogP contribution >= 0.6 is 0 Å². The molecule has 0 heterocycles. The second kappa shape index (κ2) is 10.5. The van der Waals surface area contributed by atoms with E-state index in [1.165, 1.54) is 0 Å². The van der Waals surface area contributed by atoms with Crippen molar-refractivity contribution in [2.45, 2.75) is 19.9 Å². The molecular formula is C23H30N2O5. The van der Waals surface area contributed by atoms with Crippen molar-refractivity contribution in [3.8, 4) is 23.0 Å². The lowest BCUT2D eigenvalue weighted by molar-refractivity contribution is -0.118. The zero-order valence-electron chi connectivity index (χ0n) is 18.3. The minimum Gasteiger partial charge on any atom is -0.495 e. The van der Waals surface area contributed by atoms with Gasteiger partial charge in [-0.3, -0.25) is 4.79 Å². The van der Waals surface area contributed by atoms with Gasteiger partial charge in [0.1, 0.15) is 5.75 Å². The van der Waals surface area contributed by atoms with E-state index in [2.05, 4.69) is 5.32 Å². The summed E-state index contributed by atoms with van der Waals surface area (Å²) < 4.78 is 21.5. The average molecular weight is 415 g/mol. The minimum atomic E-state index is -0.604. The summed E-state index contributed by atoms with van der Waals surface area (Å²) >= 11 is 0. The Labute approximate surface area is 177 Å². The Balaban J connectivity index is 2.33. The number of nitrogens with two attached hydrogens (primary N) is 1. The van der Waals surface area contributed by atoms with Crippen molar-refractivity contribution in [1.82, 2.24) is 0 Å². The van der Waals surface area contributed by atoms with Gasteiger partial charge >= 0.3 is 0 Å². The molecule has 2 aromatic carbocycles. The third-order valence-corrected chi connectivity index (χ3v) is 4.66. The van der Waals surface area contributed by atoms with Gasteiger partial charge in [0.05, 0.1) is 40.2 Å². The highest BCUT2D eigenvalue weighted by molar-refractivity contribution is 5.96. The molecule has 2 aromatic rings. The van der Waals surface area contributed by atoms with Gasteiger partial charge in [-0.05, 0) is 41.3 Å². The summed E-state index contributed by atoms with van der Waals surface area (Å²) in [6, 6.07) is 8.63. The summed E-state index contributed by atoms with van der Waals surface area (Å²) in [5.74, 6) is 2.01. The average Bonchev–Trinajstić information content (AvgIpc) is 2.76. The molecule has 30 heavy (non-hydrogen) atoms. The van der Waals surface area contributed by atoms with Crippen molar-refractivity contribution in [2.24, 2.45) is 11.7 Å². The van der Waals surface area contributed by atoms with Gasteiger partial charge in [0, 0.05) is 0 Å². The van der Waals surface area contributed by atoms with Crippen LogP contribution in [0.2, 0.25) is 0 Å². The van der Waals surface area contributed by atoms with Crippen LogP contribution in [0.15, 0.2) is 30.3 Å².